The maximum absolute atomic E-state index is 5.45. The maximum atomic E-state index is 5.45. The molecule has 8 heteroatoms. The van der Waals surface area contributed by atoms with Crippen molar-refractivity contribution in [1.29, 1.82) is 0 Å². The fourth-order valence-electron chi connectivity index (χ4n) is 4.09. The van der Waals surface area contributed by atoms with E-state index in [-0.39, 0.29) is 24.0 Å². The first-order valence-electron chi connectivity index (χ1n) is 11.6. The van der Waals surface area contributed by atoms with Crippen LogP contribution in [0.25, 0.3) is 0 Å². The van der Waals surface area contributed by atoms with Crippen molar-refractivity contribution >= 4 is 35.6 Å². The summed E-state index contributed by atoms with van der Waals surface area (Å²) in [5.41, 5.74) is 4.87. The van der Waals surface area contributed by atoms with Gasteiger partial charge >= 0.3 is 0 Å². The second-order valence-corrected chi connectivity index (χ2v) is 8.11. The lowest BCUT2D eigenvalue weighted by Gasteiger charge is -2.36. The number of rotatable bonds is 9. The van der Waals surface area contributed by atoms with Crippen LogP contribution in [-0.2, 0) is 19.4 Å². The van der Waals surface area contributed by atoms with Crippen LogP contribution in [-0.4, -0.2) is 62.3 Å². The van der Waals surface area contributed by atoms with Gasteiger partial charge in [0.25, 0.3) is 0 Å². The average Bonchev–Trinajstić information content (AvgIpc) is 3.21. The topological polar surface area (TPSA) is 68.9 Å². The van der Waals surface area contributed by atoms with E-state index in [0.717, 1.165) is 75.9 Å². The standard InChI is InChI=1S/C24H38N6O.HI/c1-5-22-21(23(6-2)31-28-22)18-27-24(25-4)26-11-8-12-29-13-15-30(16-14-29)20-10-7-9-19(3)17-20;/h7,9-10,17H,5-6,8,11-16,18H2,1-4H3,(H2,25,26,27);1H. The van der Waals surface area contributed by atoms with Gasteiger partial charge in [0.2, 0.25) is 0 Å². The van der Waals surface area contributed by atoms with Gasteiger partial charge in [-0.2, -0.15) is 0 Å². The van der Waals surface area contributed by atoms with Gasteiger partial charge in [0.05, 0.1) is 5.69 Å². The first-order valence-corrected chi connectivity index (χ1v) is 11.6. The Morgan fingerprint density at radius 1 is 1.12 bits per heavy atom. The second-order valence-electron chi connectivity index (χ2n) is 8.11. The van der Waals surface area contributed by atoms with Crippen LogP contribution in [0, 0.1) is 6.92 Å². The molecule has 0 radical (unpaired) electrons. The largest absolute Gasteiger partial charge is 0.369 e. The van der Waals surface area contributed by atoms with E-state index in [1.807, 2.05) is 7.05 Å². The Morgan fingerprint density at radius 3 is 2.56 bits per heavy atom. The number of nitrogens with one attached hydrogen (secondary N) is 2. The van der Waals surface area contributed by atoms with Crippen molar-refractivity contribution in [1.82, 2.24) is 20.7 Å². The summed E-state index contributed by atoms with van der Waals surface area (Å²) in [7, 11) is 1.81. The lowest BCUT2D eigenvalue weighted by molar-refractivity contribution is 0.255. The second kappa shape index (κ2) is 13.7. The minimum absolute atomic E-state index is 0. The smallest absolute Gasteiger partial charge is 0.191 e. The van der Waals surface area contributed by atoms with Crippen molar-refractivity contribution in [2.75, 3.05) is 51.2 Å². The summed E-state index contributed by atoms with van der Waals surface area (Å²) in [5.74, 6) is 1.79. The summed E-state index contributed by atoms with van der Waals surface area (Å²) in [6, 6.07) is 8.81. The van der Waals surface area contributed by atoms with Gasteiger partial charge in [-0.1, -0.05) is 31.1 Å². The van der Waals surface area contributed by atoms with E-state index in [2.05, 4.69) is 75.6 Å². The molecule has 1 aromatic carbocycles. The summed E-state index contributed by atoms with van der Waals surface area (Å²) in [5, 5.41) is 11.0. The van der Waals surface area contributed by atoms with E-state index < -0.39 is 0 Å². The fourth-order valence-corrected chi connectivity index (χ4v) is 4.09. The van der Waals surface area contributed by atoms with Gasteiger partial charge in [-0.05, 0) is 44.0 Å². The van der Waals surface area contributed by atoms with E-state index in [0.29, 0.717) is 6.54 Å². The number of halogens is 1. The van der Waals surface area contributed by atoms with Crippen molar-refractivity contribution in [3.05, 3.63) is 46.8 Å². The zero-order valence-electron chi connectivity index (χ0n) is 20.0. The van der Waals surface area contributed by atoms with Crippen molar-refractivity contribution in [2.45, 2.75) is 46.6 Å². The molecule has 0 unspecified atom stereocenters. The van der Waals surface area contributed by atoms with Gasteiger partial charge in [-0.15, -0.1) is 24.0 Å². The predicted octanol–water partition coefficient (Wildman–Crippen LogP) is 3.60. The lowest BCUT2D eigenvalue weighted by Crippen LogP contribution is -2.47. The van der Waals surface area contributed by atoms with Crippen LogP contribution in [0.4, 0.5) is 5.69 Å². The molecule has 1 aliphatic heterocycles. The molecule has 1 fully saturated rings. The third-order valence-electron chi connectivity index (χ3n) is 5.95. The Balaban J connectivity index is 0.00000363. The number of aromatic nitrogens is 1. The van der Waals surface area contributed by atoms with Crippen molar-refractivity contribution < 1.29 is 4.52 Å². The number of hydrogen-bond acceptors (Lipinski definition) is 5. The molecule has 2 heterocycles. The number of nitrogens with zero attached hydrogens (tertiary/aromatic N) is 4. The minimum atomic E-state index is 0. The molecule has 3 rings (SSSR count). The fraction of sp³-hybridized carbons (Fsp3) is 0.583. The van der Waals surface area contributed by atoms with E-state index in [1.54, 1.807) is 0 Å². The Hall–Kier alpha value is -1.81. The lowest BCUT2D eigenvalue weighted by atomic mass is 10.1. The number of anilines is 1. The SMILES string of the molecule is CCc1noc(CC)c1CNC(=NC)NCCCN1CCN(c2cccc(C)c2)CC1.I. The number of benzene rings is 1. The van der Waals surface area contributed by atoms with E-state index in [4.69, 9.17) is 4.52 Å². The molecule has 0 atom stereocenters. The molecule has 0 amide bonds. The van der Waals surface area contributed by atoms with Crippen LogP contribution >= 0.6 is 24.0 Å². The van der Waals surface area contributed by atoms with Gasteiger partial charge in [-0.3, -0.25) is 9.89 Å². The Labute approximate surface area is 210 Å². The zero-order chi connectivity index (χ0) is 22.1. The molecule has 0 spiro atoms. The maximum Gasteiger partial charge on any atom is 0.191 e. The average molecular weight is 555 g/mol. The van der Waals surface area contributed by atoms with Gasteiger partial charge in [0, 0.05) is 64.0 Å². The first kappa shape index (κ1) is 26.4. The highest BCUT2D eigenvalue weighted by Crippen LogP contribution is 2.18. The number of aliphatic imine (C=N–C) groups is 1. The van der Waals surface area contributed by atoms with Crippen molar-refractivity contribution in [3.63, 3.8) is 0 Å². The molecule has 32 heavy (non-hydrogen) atoms. The molecule has 1 aliphatic rings. The highest BCUT2D eigenvalue weighted by atomic mass is 127. The zero-order valence-corrected chi connectivity index (χ0v) is 22.3. The van der Waals surface area contributed by atoms with Gasteiger partial charge in [0.15, 0.2) is 5.96 Å². The third kappa shape index (κ3) is 7.37. The summed E-state index contributed by atoms with van der Waals surface area (Å²) >= 11 is 0. The number of guanidine groups is 1. The van der Waals surface area contributed by atoms with Crippen LogP contribution in [0.5, 0.6) is 0 Å². The third-order valence-corrected chi connectivity index (χ3v) is 5.95. The van der Waals surface area contributed by atoms with Crippen LogP contribution < -0.4 is 15.5 Å². The highest BCUT2D eigenvalue weighted by molar-refractivity contribution is 14.0. The van der Waals surface area contributed by atoms with Gasteiger partial charge < -0.3 is 20.1 Å². The van der Waals surface area contributed by atoms with Crippen molar-refractivity contribution in [2.24, 2.45) is 4.99 Å². The van der Waals surface area contributed by atoms with Crippen molar-refractivity contribution in [3.8, 4) is 0 Å². The molecule has 2 N–H and O–H groups in total. The molecule has 7 nitrogen and oxygen atoms in total. The van der Waals surface area contributed by atoms with Crippen LogP contribution in [0.15, 0.2) is 33.8 Å². The predicted molar refractivity (Wildman–Crippen MR) is 143 cm³/mol. The number of hydrogen-bond donors (Lipinski definition) is 2. The van der Waals surface area contributed by atoms with E-state index in [9.17, 15) is 0 Å². The number of piperazine rings is 1. The molecule has 0 saturated carbocycles. The summed E-state index contributed by atoms with van der Waals surface area (Å²) in [6.07, 6.45) is 2.83. The molecule has 0 aliphatic carbocycles. The molecule has 2 aromatic rings. The molecule has 1 saturated heterocycles. The van der Waals surface area contributed by atoms with Crippen LogP contribution in [0.3, 0.4) is 0 Å². The Morgan fingerprint density at radius 2 is 1.91 bits per heavy atom. The minimum Gasteiger partial charge on any atom is -0.369 e. The summed E-state index contributed by atoms with van der Waals surface area (Å²) < 4.78 is 5.45. The number of aryl methyl sites for hydroxylation is 3. The molecule has 1 aromatic heterocycles. The summed E-state index contributed by atoms with van der Waals surface area (Å²) in [6.45, 7) is 13.5. The Bertz CT molecular complexity index is 823. The molecular weight excluding hydrogens is 515 g/mol. The quantitative estimate of drug-likeness (QED) is 0.214. The Kier molecular flexibility index (Phi) is 11.3. The normalized spacial score (nSPS) is 14.9. The monoisotopic (exact) mass is 554 g/mol. The van der Waals surface area contributed by atoms with Gasteiger partial charge in [0.1, 0.15) is 5.76 Å². The molecule has 0 bridgehead atoms. The molecule has 178 valence electrons. The highest BCUT2D eigenvalue weighted by Gasteiger charge is 2.17. The first-order chi connectivity index (χ1) is 15.1. The van der Waals surface area contributed by atoms with Gasteiger partial charge in [-0.25, -0.2) is 0 Å². The summed E-state index contributed by atoms with van der Waals surface area (Å²) in [4.78, 5) is 9.41. The van der Waals surface area contributed by atoms with Crippen LogP contribution in [0.1, 0.15) is 42.8 Å². The van der Waals surface area contributed by atoms with Crippen LogP contribution in [0.2, 0.25) is 0 Å². The van der Waals surface area contributed by atoms with E-state index >= 15 is 0 Å². The van der Waals surface area contributed by atoms with E-state index in [1.165, 1.54) is 16.8 Å². The molecular formula is C24H39IN6O.